The van der Waals surface area contributed by atoms with Gasteiger partial charge in [-0.1, -0.05) is 11.6 Å². The molecule has 0 bridgehead atoms. The Balaban J connectivity index is 1.57. The van der Waals surface area contributed by atoms with Crippen molar-refractivity contribution in [3.63, 3.8) is 0 Å². The van der Waals surface area contributed by atoms with Gasteiger partial charge in [0.2, 0.25) is 0 Å². The molecular weight excluding hydrogens is 306 g/mol. The molecule has 2 aromatic rings. The van der Waals surface area contributed by atoms with E-state index in [0.29, 0.717) is 13.2 Å². The topological polar surface area (TPSA) is 74.8 Å². The summed E-state index contributed by atoms with van der Waals surface area (Å²) < 4.78 is 9.05. The monoisotopic (exact) mass is 329 g/mol. The molecule has 128 valence electrons. The number of fused-ring (bicyclic) bond motifs is 1. The number of aromatic nitrogens is 5. The van der Waals surface area contributed by atoms with E-state index in [1.807, 2.05) is 24.9 Å². The van der Waals surface area contributed by atoms with Crippen LogP contribution in [0.15, 0.2) is 6.20 Å². The van der Waals surface area contributed by atoms with Crippen LogP contribution in [0.3, 0.4) is 0 Å². The van der Waals surface area contributed by atoms with Crippen LogP contribution in [0.5, 0.6) is 0 Å². The van der Waals surface area contributed by atoms with Crippen LogP contribution in [0.25, 0.3) is 0 Å². The summed E-state index contributed by atoms with van der Waals surface area (Å²) in [5, 5.41) is 13.2. The molecule has 7 heteroatoms. The van der Waals surface area contributed by atoms with Gasteiger partial charge in [-0.2, -0.15) is 5.10 Å². The normalized spacial score (nSPS) is 18.2. The molecule has 2 heterocycles. The van der Waals surface area contributed by atoms with E-state index in [1.165, 1.54) is 17.7 Å². The first kappa shape index (κ1) is 15.4. The van der Waals surface area contributed by atoms with Gasteiger partial charge in [0.15, 0.2) is 0 Å². The van der Waals surface area contributed by atoms with Crippen molar-refractivity contribution in [2.45, 2.75) is 57.4 Å². The molecule has 0 aliphatic heterocycles. The summed E-state index contributed by atoms with van der Waals surface area (Å²) in [6.07, 6.45) is 7.90. The molecule has 0 radical (unpaired) electrons. The van der Waals surface area contributed by atoms with E-state index in [-0.39, 0.29) is 5.97 Å². The molecule has 7 nitrogen and oxygen atoms in total. The first-order valence-electron chi connectivity index (χ1n) is 8.75. The third-order valence-electron chi connectivity index (χ3n) is 5.41. The Labute approximate surface area is 141 Å². The third-order valence-corrected chi connectivity index (χ3v) is 5.41. The summed E-state index contributed by atoms with van der Waals surface area (Å²) in [5.74, 6) is -0.165. The van der Waals surface area contributed by atoms with E-state index in [2.05, 4.69) is 15.4 Å². The fraction of sp³-hybridized carbons (Fsp3) is 0.647. The Kier molecular flexibility index (Phi) is 3.66. The Hall–Kier alpha value is -2.18. The Morgan fingerprint density at radius 3 is 2.88 bits per heavy atom. The second-order valence-electron chi connectivity index (χ2n) is 6.81. The van der Waals surface area contributed by atoms with Gasteiger partial charge in [-0.3, -0.25) is 9.48 Å². The molecule has 4 rings (SSSR count). The first-order chi connectivity index (χ1) is 11.6. The van der Waals surface area contributed by atoms with E-state index >= 15 is 0 Å². The van der Waals surface area contributed by atoms with Crippen LogP contribution in [0, 0.1) is 0 Å². The maximum Gasteiger partial charge on any atom is 0.318 e. The minimum absolute atomic E-state index is 0.165. The van der Waals surface area contributed by atoms with Crippen LogP contribution in [-0.2, 0) is 41.4 Å². The lowest BCUT2D eigenvalue weighted by Gasteiger charge is -2.37. The summed E-state index contributed by atoms with van der Waals surface area (Å²) >= 11 is 0. The van der Waals surface area contributed by atoms with Crippen molar-refractivity contribution < 1.29 is 9.53 Å². The average Bonchev–Trinajstić information content (AvgIpc) is 3.19. The SMILES string of the molecule is CCOC(=O)C1(c2cn(Cc3nn(C)c4c3CCC4)nn2)CCC1. The lowest BCUT2D eigenvalue weighted by atomic mass is 9.67. The van der Waals surface area contributed by atoms with Crippen molar-refractivity contribution in [1.82, 2.24) is 24.8 Å². The summed E-state index contributed by atoms with van der Waals surface area (Å²) in [6, 6.07) is 0. The predicted octanol–water partition coefficient (Wildman–Crippen LogP) is 1.53. The number of hydrogen-bond donors (Lipinski definition) is 0. The molecular formula is C17H23N5O2. The standard InChI is InChI=1S/C17H23N5O2/c1-3-24-16(23)17(8-5-9-17)15-11-22(20-18-15)10-13-12-6-4-7-14(12)21(2)19-13/h11H,3-10H2,1-2H3. The largest absolute Gasteiger partial charge is 0.465 e. The molecule has 0 N–H and O–H groups in total. The van der Waals surface area contributed by atoms with Gasteiger partial charge in [0, 0.05) is 12.7 Å². The van der Waals surface area contributed by atoms with Gasteiger partial charge in [0.1, 0.15) is 5.41 Å². The van der Waals surface area contributed by atoms with Crippen LogP contribution in [0.2, 0.25) is 0 Å². The highest BCUT2D eigenvalue weighted by atomic mass is 16.5. The lowest BCUT2D eigenvalue weighted by Crippen LogP contribution is -2.44. The highest BCUT2D eigenvalue weighted by molar-refractivity contribution is 5.83. The van der Waals surface area contributed by atoms with Gasteiger partial charge >= 0.3 is 5.97 Å². The Bertz CT molecular complexity index is 772. The van der Waals surface area contributed by atoms with Crippen LogP contribution in [0.4, 0.5) is 0 Å². The van der Waals surface area contributed by atoms with Crippen molar-refractivity contribution in [2.75, 3.05) is 6.61 Å². The zero-order valence-corrected chi connectivity index (χ0v) is 14.3. The fourth-order valence-corrected chi connectivity index (χ4v) is 3.94. The van der Waals surface area contributed by atoms with E-state index < -0.39 is 5.41 Å². The molecule has 1 fully saturated rings. The van der Waals surface area contributed by atoms with E-state index in [1.54, 1.807) is 4.68 Å². The summed E-state index contributed by atoms with van der Waals surface area (Å²) in [5.41, 5.74) is 3.92. The van der Waals surface area contributed by atoms with Crippen LogP contribution in [-0.4, -0.2) is 37.4 Å². The van der Waals surface area contributed by atoms with Crippen molar-refractivity contribution in [1.29, 1.82) is 0 Å². The van der Waals surface area contributed by atoms with Crippen LogP contribution >= 0.6 is 0 Å². The predicted molar refractivity (Wildman–Crippen MR) is 86.5 cm³/mol. The molecule has 0 aromatic carbocycles. The molecule has 2 aliphatic rings. The number of aryl methyl sites for hydroxylation is 1. The van der Waals surface area contributed by atoms with Gasteiger partial charge in [-0.05, 0) is 44.6 Å². The molecule has 0 saturated heterocycles. The van der Waals surface area contributed by atoms with Gasteiger partial charge < -0.3 is 4.74 Å². The summed E-state index contributed by atoms with van der Waals surface area (Å²) in [7, 11) is 2.00. The van der Waals surface area contributed by atoms with Gasteiger partial charge in [-0.25, -0.2) is 4.68 Å². The molecule has 0 amide bonds. The number of carbonyl (C=O) groups excluding carboxylic acids is 1. The number of ether oxygens (including phenoxy) is 1. The van der Waals surface area contributed by atoms with E-state index in [9.17, 15) is 4.79 Å². The van der Waals surface area contributed by atoms with Crippen molar-refractivity contribution in [3.8, 4) is 0 Å². The smallest absolute Gasteiger partial charge is 0.318 e. The number of nitrogens with zero attached hydrogens (tertiary/aromatic N) is 5. The highest BCUT2D eigenvalue weighted by Gasteiger charge is 2.49. The number of rotatable bonds is 5. The maximum atomic E-state index is 12.4. The van der Waals surface area contributed by atoms with Crippen molar-refractivity contribution in [3.05, 3.63) is 28.8 Å². The zero-order valence-electron chi connectivity index (χ0n) is 14.3. The number of hydrogen-bond acceptors (Lipinski definition) is 5. The molecule has 1 saturated carbocycles. The Morgan fingerprint density at radius 2 is 2.17 bits per heavy atom. The quantitative estimate of drug-likeness (QED) is 0.778. The van der Waals surface area contributed by atoms with Gasteiger partial charge in [0.25, 0.3) is 0 Å². The molecule has 2 aliphatic carbocycles. The van der Waals surface area contributed by atoms with Crippen LogP contribution in [0.1, 0.15) is 55.3 Å². The van der Waals surface area contributed by atoms with E-state index in [4.69, 9.17) is 4.74 Å². The lowest BCUT2D eigenvalue weighted by molar-refractivity contribution is -0.154. The van der Waals surface area contributed by atoms with Gasteiger partial charge in [0.05, 0.1) is 30.7 Å². The highest BCUT2D eigenvalue weighted by Crippen LogP contribution is 2.43. The number of carbonyl (C=O) groups is 1. The van der Waals surface area contributed by atoms with E-state index in [0.717, 1.165) is 43.5 Å². The fourth-order valence-electron chi connectivity index (χ4n) is 3.94. The second-order valence-corrected chi connectivity index (χ2v) is 6.81. The zero-order chi connectivity index (χ0) is 16.7. The van der Waals surface area contributed by atoms with Crippen molar-refractivity contribution >= 4 is 5.97 Å². The number of esters is 1. The maximum absolute atomic E-state index is 12.4. The van der Waals surface area contributed by atoms with Gasteiger partial charge in [-0.15, -0.1) is 5.10 Å². The van der Waals surface area contributed by atoms with Crippen molar-refractivity contribution in [2.24, 2.45) is 7.05 Å². The minimum atomic E-state index is -0.583. The second kappa shape index (κ2) is 5.72. The minimum Gasteiger partial charge on any atom is -0.465 e. The summed E-state index contributed by atoms with van der Waals surface area (Å²) in [6.45, 7) is 2.84. The summed E-state index contributed by atoms with van der Waals surface area (Å²) in [4.78, 5) is 12.4. The third kappa shape index (κ3) is 2.25. The molecule has 0 spiro atoms. The first-order valence-corrected chi connectivity index (χ1v) is 8.75. The Morgan fingerprint density at radius 1 is 1.33 bits per heavy atom. The van der Waals surface area contributed by atoms with Crippen LogP contribution < -0.4 is 0 Å². The molecule has 24 heavy (non-hydrogen) atoms. The molecule has 2 aromatic heterocycles. The molecule has 0 unspecified atom stereocenters. The average molecular weight is 329 g/mol. The molecule has 0 atom stereocenters.